The van der Waals surface area contributed by atoms with Crippen molar-refractivity contribution in [1.82, 2.24) is 41.4 Å². The Balaban J connectivity index is 0.000000175. The molecular formula is C87H132ClN15O7S. The molecule has 1 aromatic heterocycles. The predicted molar refractivity (Wildman–Crippen MR) is 459 cm³/mol. The first-order chi connectivity index (χ1) is 53.9. The second kappa shape index (κ2) is 50.8. The Morgan fingerprint density at radius 1 is 0.721 bits per heavy atom. The van der Waals surface area contributed by atoms with E-state index in [0.717, 1.165) is 134 Å². The number of hydrogen-bond donors (Lipinski definition) is 11. The minimum atomic E-state index is -0.361. The van der Waals surface area contributed by atoms with Gasteiger partial charge < -0.3 is 89.7 Å². The summed E-state index contributed by atoms with van der Waals surface area (Å²) in [7, 11) is 8.85. The molecule has 3 saturated carbocycles. The number of fused-ring (bicyclic) bond motifs is 5. The number of thiazole rings is 1. The van der Waals surface area contributed by atoms with E-state index in [1.807, 2.05) is 79.5 Å². The largest absolute Gasteiger partial charge is 0.497 e. The number of piperidine rings is 2. The molecule has 7 heterocycles. The van der Waals surface area contributed by atoms with E-state index in [2.05, 4.69) is 87.0 Å². The number of methoxy groups -OCH3 is 3. The van der Waals surface area contributed by atoms with Crippen LogP contribution < -0.4 is 65.9 Å². The Morgan fingerprint density at radius 2 is 1.41 bits per heavy atom. The molecule has 6 aromatic rings. The number of halogens is 1. The molecule has 5 aromatic carbocycles. The highest BCUT2D eigenvalue weighted by Crippen LogP contribution is 2.43. The standard InChI is InChI=1S/C15H11ClN2O2.C14H12N2S.C11H16N2O.C10H20N2.C7H14N2O.C7H13N.C7H15N.C7H9N.C5H13NO2.C4H9NO/c1-8-6-10(17)3-5-13(8)18-14(19)11-4-2-9(16)7-12(11)15(18)20;1-9-2-7-12-13(8-9)17-14(16-12)10-3-5-11(15)6-4-10;1-14-9-2-3-11-10(6-9)8(4-5-12)7-13-11;1-2-8-12(9-3-1)10-4-6-11-7-5-10;8-4-2-6-9-5-1-3-7(9)10;8-7-4-5-1-2-6(7)3-5;1-8-7-5-3-2-4-6-7;8-6-7-4-2-1-3-5-7;1-6-4-5(7-2)8-3;1-3-6-4-2-5-1/h2-7H,17H2,1H3;2-8H,15H2,1H3;2-3,6-7,10-11,13H,4-5,12H2,1H3;10-11H,1-9H2;1-6,8H2;5-7H,1-4,8H2;7-8H,2-6H2,1H3;1-5H,6,8H2;5-6H,4H2,1-3H3;5H,1-4H2. The summed E-state index contributed by atoms with van der Waals surface area (Å²) >= 11 is 7.60. The molecule has 2 bridgehead atoms. The van der Waals surface area contributed by atoms with Crippen LogP contribution in [0.5, 0.6) is 0 Å². The summed E-state index contributed by atoms with van der Waals surface area (Å²) in [6.07, 6.45) is 31.8. The van der Waals surface area contributed by atoms with Crippen LogP contribution in [-0.2, 0) is 30.3 Å². The molecule has 610 valence electrons. The molecule has 10 aliphatic rings. The van der Waals surface area contributed by atoms with Crippen molar-refractivity contribution in [3.05, 3.63) is 178 Å². The van der Waals surface area contributed by atoms with Gasteiger partial charge in [0.1, 0.15) is 10.8 Å². The smallest absolute Gasteiger partial charge is 0.266 e. The van der Waals surface area contributed by atoms with Crippen molar-refractivity contribution in [3.63, 3.8) is 0 Å². The van der Waals surface area contributed by atoms with Gasteiger partial charge in [0.15, 0.2) is 6.29 Å². The molecule has 0 radical (unpaired) electrons. The molecule has 5 unspecified atom stereocenters. The summed E-state index contributed by atoms with van der Waals surface area (Å²) in [6.45, 7) is 17.5. The molecule has 4 aliphatic carbocycles. The van der Waals surface area contributed by atoms with E-state index in [9.17, 15) is 14.4 Å². The number of carbonyl (C=O) groups excluding carboxylic acids is 3. The van der Waals surface area contributed by atoms with E-state index in [1.54, 1.807) is 63.0 Å². The lowest BCUT2D eigenvalue weighted by Gasteiger charge is -2.36. The van der Waals surface area contributed by atoms with Crippen LogP contribution in [0.15, 0.2) is 145 Å². The molecule has 4 saturated heterocycles. The van der Waals surface area contributed by atoms with E-state index >= 15 is 0 Å². The van der Waals surface area contributed by atoms with E-state index in [1.165, 1.54) is 144 Å². The number of nitrogen functional groups attached to an aromatic ring is 2. The highest BCUT2D eigenvalue weighted by atomic mass is 35.5. The van der Waals surface area contributed by atoms with Gasteiger partial charge >= 0.3 is 0 Å². The van der Waals surface area contributed by atoms with Gasteiger partial charge in [-0.2, -0.15) is 0 Å². The van der Waals surface area contributed by atoms with Crippen LogP contribution in [0.2, 0.25) is 5.02 Å². The number of nitrogens with zero attached hydrogens (tertiary/aromatic N) is 4. The van der Waals surface area contributed by atoms with E-state index < -0.39 is 0 Å². The molecule has 3 amide bonds. The number of nitrogens with two attached hydrogens (primary N) is 6. The number of hydrogen-bond acceptors (Lipinski definition) is 21. The Bertz CT molecular complexity index is 3730. The number of morpholine rings is 1. The van der Waals surface area contributed by atoms with Gasteiger partial charge in [0.25, 0.3) is 11.8 Å². The highest BCUT2D eigenvalue weighted by Gasteiger charge is 2.38. The number of carbonyl (C=O) groups is 3. The first-order valence-electron chi connectivity index (χ1n) is 40.4. The Labute approximate surface area is 671 Å². The van der Waals surface area contributed by atoms with Crippen LogP contribution >= 0.6 is 22.9 Å². The zero-order valence-electron chi connectivity index (χ0n) is 67.3. The monoisotopic (exact) mass is 1570 g/mol. The number of aromatic nitrogens is 1. The van der Waals surface area contributed by atoms with Crippen LogP contribution in [0.4, 0.5) is 17.1 Å². The van der Waals surface area contributed by atoms with Crippen molar-refractivity contribution >= 4 is 67.9 Å². The molecule has 7 fully saturated rings. The number of imide groups is 1. The molecule has 0 spiro atoms. The van der Waals surface area contributed by atoms with Crippen LogP contribution in [-0.4, -0.2) is 184 Å². The molecule has 6 aliphatic heterocycles. The fourth-order valence-corrected chi connectivity index (χ4v) is 16.3. The molecule has 17 N–H and O–H groups in total. The van der Waals surface area contributed by atoms with Crippen LogP contribution in [0, 0.1) is 31.6 Å². The third-order valence-corrected chi connectivity index (χ3v) is 22.7. The van der Waals surface area contributed by atoms with E-state index in [0.29, 0.717) is 71.1 Å². The second-order valence-electron chi connectivity index (χ2n) is 29.6. The topological polar surface area (TPSA) is 327 Å². The molecule has 16 rings (SSSR count). The molecule has 111 heavy (non-hydrogen) atoms. The maximum Gasteiger partial charge on any atom is 0.266 e. The number of rotatable bonds is 15. The minimum absolute atomic E-state index is 0.111. The normalized spacial score (nSPS) is 20.8. The average Bonchev–Trinajstić information content (AvgIpc) is 1.61. The lowest BCUT2D eigenvalue weighted by Crippen LogP contribution is -2.45. The fraction of sp³-hybridized carbons (Fsp3) is 0.540. The van der Waals surface area contributed by atoms with Crippen LogP contribution in [0.3, 0.4) is 0 Å². The van der Waals surface area contributed by atoms with Crippen LogP contribution in [0.25, 0.3) is 20.8 Å². The maximum absolute atomic E-state index is 12.4. The van der Waals surface area contributed by atoms with Gasteiger partial charge in [-0.15, -0.1) is 11.3 Å². The molecule has 5 atom stereocenters. The predicted octanol–water partition coefficient (Wildman–Crippen LogP) is 12.2. The number of anilines is 3. The lowest BCUT2D eigenvalue weighted by atomic mass is 9.89. The summed E-state index contributed by atoms with van der Waals surface area (Å²) in [5, 5.41) is 17.6. The molecular weight excluding hydrogens is 1430 g/mol. The van der Waals surface area contributed by atoms with Crippen molar-refractivity contribution < 1.29 is 33.3 Å². The van der Waals surface area contributed by atoms with E-state index in [4.69, 9.17) is 65.0 Å². The second-order valence-corrected chi connectivity index (χ2v) is 31.0. The van der Waals surface area contributed by atoms with Crippen molar-refractivity contribution in [1.29, 1.82) is 0 Å². The van der Waals surface area contributed by atoms with Gasteiger partial charge in [0.05, 0.1) is 53.4 Å². The van der Waals surface area contributed by atoms with Crippen molar-refractivity contribution in [2.75, 3.05) is 137 Å². The van der Waals surface area contributed by atoms with Crippen molar-refractivity contribution in [2.45, 2.75) is 166 Å². The maximum atomic E-state index is 12.4. The summed E-state index contributed by atoms with van der Waals surface area (Å²) in [5.74, 6) is 2.91. The van der Waals surface area contributed by atoms with Crippen LogP contribution in [0.1, 0.15) is 153 Å². The van der Waals surface area contributed by atoms with Gasteiger partial charge in [-0.1, -0.05) is 86.2 Å². The third kappa shape index (κ3) is 30.6. The van der Waals surface area contributed by atoms with Gasteiger partial charge in [-0.25, -0.2) is 9.88 Å². The minimum Gasteiger partial charge on any atom is -0.497 e. The zero-order valence-corrected chi connectivity index (χ0v) is 68.9. The molecule has 22 nitrogen and oxygen atoms in total. The number of allylic oxidation sites excluding steroid dienone is 1. The van der Waals surface area contributed by atoms with Gasteiger partial charge in [-0.05, 0) is 270 Å². The summed E-state index contributed by atoms with van der Waals surface area (Å²) in [5.41, 5.74) is 42.8. The Kier molecular flexibility index (Phi) is 41.7. The van der Waals surface area contributed by atoms with Gasteiger partial charge in [0.2, 0.25) is 5.91 Å². The number of amides is 3. The number of likely N-dealkylation sites (N-methyl/N-ethyl adjacent to an activating group) is 1. The van der Waals surface area contributed by atoms with Crippen molar-refractivity contribution in [2.24, 2.45) is 40.7 Å². The number of aryl methyl sites for hydroxylation is 2. The Morgan fingerprint density at radius 3 is 1.95 bits per heavy atom. The summed E-state index contributed by atoms with van der Waals surface area (Å²) in [4.78, 5) is 46.2. The van der Waals surface area contributed by atoms with Gasteiger partial charge in [-0.3, -0.25) is 14.4 Å². The van der Waals surface area contributed by atoms with Gasteiger partial charge in [0, 0.05) is 106 Å². The third-order valence-electron chi connectivity index (χ3n) is 21.4. The number of ether oxygens (including phenoxy) is 4. The number of nitrogens with one attached hydrogen (secondary N) is 5. The fourth-order valence-electron chi connectivity index (χ4n) is 15.1. The summed E-state index contributed by atoms with van der Waals surface area (Å²) < 4.78 is 21.2. The average molecular weight is 1570 g/mol. The number of likely N-dealkylation sites (tertiary alicyclic amines) is 2. The van der Waals surface area contributed by atoms with E-state index in [-0.39, 0.29) is 18.1 Å². The summed E-state index contributed by atoms with van der Waals surface area (Å²) in [6, 6.07) is 36.7. The molecule has 24 heteroatoms. The highest BCUT2D eigenvalue weighted by molar-refractivity contribution is 7.21. The van der Waals surface area contributed by atoms with Crippen molar-refractivity contribution in [3.8, 4) is 10.6 Å². The lowest BCUT2D eigenvalue weighted by molar-refractivity contribution is -0.127. The first-order valence-corrected chi connectivity index (χ1v) is 41.6. The SMILES string of the molecule is C1CCN(C2CCNCC2)CC1.C1COCCN1.CNC1CCCCC1.CNCC(OC)OC.COC1=CC2C(CCN)=CNC2C=C1.Cc1cc(N)ccc1N1C(=O)c2ccc(Cl)cc2C1=O.Cc1ccc2nc(-c3ccc(N)cc3)sc2c1.NC1CC2CCC1C2.NCCCN1CCCC1=O.NCc1ccccc1. The Hall–Kier alpha value is -7.17. The first kappa shape index (κ1) is 91.0. The zero-order chi connectivity index (χ0) is 79.7. The number of benzene rings is 5. The quantitative estimate of drug-likeness (QED) is 0.0258.